The van der Waals surface area contributed by atoms with Crippen molar-refractivity contribution in [3.8, 4) is 0 Å². The molecule has 0 amide bonds. The first kappa shape index (κ1) is 12.3. The Labute approximate surface area is 107 Å². The van der Waals surface area contributed by atoms with Gasteiger partial charge in [-0.1, -0.05) is 36.9 Å². The van der Waals surface area contributed by atoms with Crippen LogP contribution < -0.4 is 5.73 Å². The van der Waals surface area contributed by atoms with Gasteiger partial charge in [0.15, 0.2) is 0 Å². The van der Waals surface area contributed by atoms with E-state index in [9.17, 15) is 0 Å². The zero-order valence-corrected chi connectivity index (χ0v) is 10.9. The molecule has 1 saturated carbocycles. The van der Waals surface area contributed by atoms with Crippen LogP contribution in [0.15, 0.2) is 29.2 Å². The highest BCUT2D eigenvalue weighted by Crippen LogP contribution is 2.33. The van der Waals surface area contributed by atoms with E-state index in [-0.39, 0.29) is 0 Å². The van der Waals surface area contributed by atoms with Gasteiger partial charge in [0, 0.05) is 21.2 Å². The largest absolute Gasteiger partial charge is 0.327 e. The molecule has 16 heavy (non-hydrogen) atoms. The highest BCUT2D eigenvalue weighted by Gasteiger charge is 2.21. The quantitative estimate of drug-likeness (QED) is 0.806. The Kier molecular flexibility index (Phi) is 4.56. The highest BCUT2D eigenvalue weighted by molar-refractivity contribution is 8.00. The summed E-state index contributed by atoms with van der Waals surface area (Å²) in [6.07, 6.45) is 6.33. The van der Waals surface area contributed by atoms with Crippen molar-refractivity contribution in [3.05, 3.63) is 29.3 Å². The maximum absolute atomic E-state index is 6.21. The molecule has 0 bridgehead atoms. The molecule has 0 aromatic heterocycles. The predicted octanol–water partition coefficient (Wildman–Crippen LogP) is 4.09. The van der Waals surface area contributed by atoms with Crippen LogP contribution in [-0.4, -0.2) is 11.3 Å². The van der Waals surface area contributed by atoms with E-state index < -0.39 is 0 Å². The minimum Gasteiger partial charge on any atom is -0.327 e. The second-order valence-corrected chi connectivity index (χ2v) is 6.16. The van der Waals surface area contributed by atoms with Gasteiger partial charge in [-0.15, -0.1) is 11.8 Å². The van der Waals surface area contributed by atoms with Crippen LogP contribution in [-0.2, 0) is 0 Å². The molecule has 1 aliphatic rings. The van der Waals surface area contributed by atoms with E-state index in [2.05, 4.69) is 6.07 Å². The Morgan fingerprint density at radius 3 is 2.81 bits per heavy atom. The van der Waals surface area contributed by atoms with Gasteiger partial charge in [0.1, 0.15) is 0 Å². The van der Waals surface area contributed by atoms with Gasteiger partial charge in [0.2, 0.25) is 0 Å². The predicted molar refractivity (Wildman–Crippen MR) is 72.2 cm³/mol. The van der Waals surface area contributed by atoms with Crippen molar-refractivity contribution in [3.63, 3.8) is 0 Å². The molecule has 2 N–H and O–H groups in total. The average molecular weight is 256 g/mol. The third-order valence-electron chi connectivity index (χ3n) is 3.09. The third kappa shape index (κ3) is 3.41. The first-order valence-electron chi connectivity index (χ1n) is 5.93. The fourth-order valence-corrected chi connectivity index (χ4v) is 3.72. The van der Waals surface area contributed by atoms with Gasteiger partial charge < -0.3 is 5.73 Å². The van der Waals surface area contributed by atoms with Crippen molar-refractivity contribution in [2.75, 3.05) is 0 Å². The number of benzene rings is 1. The van der Waals surface area contributed by atoms with Crippen LogP contribution in [0.3, 0.4) is 0 Å². The van der Waals surface area contributed by atoms with Gasteiger partial charge in [-0.05, 0) is 31.0 Å². The lowest BCUT2D eigenvalue weighted by Gasteiger charge is -2.20. The minimum absolute atomic E-state index is 0.339. The molecular weight excluding hydrogens is 238 g/mol. The van der Waals surface area contributed by atoms with E-state index in [1.165, 1.54) is 30.6 Å². The zero-order chi connectivity index (χ0) is 11.4. The number of hydrogen-bond acceptors (Lipinski definition) is 2. The standard InChI is InChI=1S/C13H18ClNS/c14-10-5-4-6-11(9-10)16-13-8-3-1-2-7-12(13)15/h4-6,9,12-13H,1-3,7-8,15H2. The summed E-state index contributed by atoms with van der Waals surface area (Å²) in [6.45, 7) is 0. The van der Waals surface area contributed by atoms with Crippen LogP contribution in [0, 0.1) is 0 Å². The van der Waals surface area contributed by atoms with E-state index in [1.54, 1.807) is 0 Å². The molecule has 0 saturated heterocycles. The molecule has 2 unspecified atom stereocenters. The molecule has 1 aliphatic carbocycles. The molecule has 0 heterocycles. The van der Waals surface area contributed by atoms with Gasteiger partial charge in [-0.2, -0.15) is 0 Å². The molecule has 0 spiro atoms. The van der Waals surface area contributed by atoms with Crippen LogP contribution in [0.4, 0.5) is 0 Å². The van der Waals surface area contributed by atoms with Crippen LogP contribution in [0.2, 0.25) is 5.02 Å². The van der Waals surface area contributed by atoms with Crippen LogP contribution in [0.25, 0.3) is 0 Å². The van der Waals surface area contributed by atoms with Crippen LogP contribution in [0.5, 0.6) is 0 Å². The summed E-state index contributed by atoms with van der Waals surface area (Å²) < 4.78 is 0. The van der Waals surface area contributed by atoms with Crippen molar-refractivity contribution in [2.45, 2.75) is 48.3 Å². The molecule has 0 aliphatic heterocycles. The van der Waals surface area contributed by atoms with Gasteiger partial charge in [-0.25, -0.2) is 0 Å². The van der Waals surface area contributed by atoms with Crippen molar-refractivity contribution >= 4 is 23.4 Å². The fourth-order valence-electron chi connectivity index (χ4n) is 2.16. The first-order valence-corrected chi connectivity index (χ1v) is 7.19. The molecule has 1 aromatic carbocycles. The number of thioether (sulfide) groups is 1. The molecule has 1 fully saturated rings. The fraction of sp³-hybridized carbons (Fsp3) is 0.538. The van der Waals surface area contributed by atoms with E-state index >= 15 is 0 Å². The van der Waals surface area contributed by atoms with E-state index in [4.69, 9.17) is 17.3 Å². The van der Waals surface area contributed by atoms with Crippen molar-refractivity contribution in [2.24, 2.45) is 5.73 Å². The van der Waals surface area contributed by atoms with Crippen LogP contribution >= 0.6 is 23.4 Å². The molecule has 1 aromatic rings. The summed E-state index contributed by atoms with van der Waals surface area (Å²) in [7, 11) is 0. The number of hydrogen-bond donors (Lipinski definition) is 1. The first-order chi connectivity index (χ1) is 7.75. The highest BCUT2D eigenvalue weighted by atomic mass is 35.5. The van der Waals surface area contributed by atoms with Gasteiger partial charge in [0.25, 0.3) is 0 Å². The molecule has 1 nitrogen and oxygen atoms in total. The maximum Gasteiger partial charge on any atom is 0.0417 e. The molecule has 3 heteroatoms. The van der Waals surface area contributed by atoms with E-state index in [1.807, 2.05) is 30.0 Å². The number of rotatable bonds is 2. The molecule has 0 radical (unpaired) electrons. The third-order valence-corrected chi connectivity index (χ3v) is 4.74. The van der Waals surface area contributed by atoms with Crippen molar-refractivity contribution in [1.29, 1.82) is 0 Å². The summed E-state index contributed by atoms with van der Waals surface area (Å²) in [6, 6.07) is 8.41. The second-order valence-electron chi connectivity index (χ2n) is 4.42. The summed E-state index contributed by atoms with van der Waals surface area (Å²) in [5.41, 5.74) is 6.21. The SMILES string of the molecule is NC1CCCCCC1Sc1cccc(Cl)c1. The zero-order valence-electron chi connectivity index (χ0n) is 9.36. The van der Waals surface area contributed by atoms with Gasteiger partial charge in [-0.3, -0.25) is 0 Å². The second kappa shape index (κ2) is 5.95. The lowest BCUT2D eigenvalue weighted by Crippen LogP contribution is -2.31. The summed E-state index contributed by atoms with van der Waals surface area (Å²) in [5, 5.41) is 1.37. The number of halogens is 1. The average Bonchev–Trinajstić information content (AvgIpc) is 2.45. The monoisotopic (exact) mass is 255 g/mol. The van der Waals surface area contributed by atoms with E-state index in [0.29, 0.717) is 11.3 Å². The van der Waals surface area contributed by atoms with Gasteiger partial charge in [0.05, 0.1) is 0 Å². The van der Waals surface area contributed by atoms with E-state index in [0.717, 1.165) is 11.4 Å². The van der Waals surface area contributed by atoms with Crippen molar-refractivity contribution < 1.29 is 0 Å². The molecule has 2 atom stereocenters. The maximum atomic E-state index is 6.21. The summed E-state index contributed by atoms with van der Waals surface area (Å²) in [5.74, 6) is 0. The Morgan fingerprint density at radius 1 is 1.19 bits per heavy atom. The Morgan fingerprint density at radius 2 is 2.00 bits per heavy atom. The Hall–Kier alpha value is -0.180. The van der Waals surface area contributed by atoms with Gasteiger partial charge >= 0.3 is 0 Å². The Balaban J connectivity index is 2.02. The topological polar surface area (TPSA) is 26.0 Å². The summed E-state index contributed by atoms with van der Waals surface area (Å²) in [4.78, 5) is 1.25. The molecule has 88 valence electrons. The summed E-state index contributed by atoms with van der Waals surface area (Å²) >= 11 is 7.88. The Bertz CT molecular complexity index is 342. The normalized spacial score (nSPS) is 26.4. The van der Waals surface area contributed by atoms with Crippen LogP contribution in [0.1, 0.15) is 32.1 Å². The molecular formula is C13H18ClNS. The minimum atomic E-state index is 0.339. The lowest BCUT2D eigenvalue weighted by atomic mass is 10.1. The lowest BCUT2D eigenvalue weighted by molar-refractivity contribution is 0.596. The molecule has 2 rings (SSSR count). The smallest absolute Gasteiger partial charge is 0.0417 e. The number of nitrogens with two attached hydrogens (primary N) is 1. The van der Waals surface area contributed by atoms with Crippen molar-refractivity contribution in [1.82, 2.24) is 0 Å².